The number of ether oxygens (including phenoxy) is 1. The molecular formula is C20H24N2O5S. The van der Waals surface area contributed by atoms with Gasteiger partial charge in [-0.25, -0.2) is 8.42 Å². The summed E-state index contributed by atoms with van der Waals surface area (Å²) in [5.41, 5.74) is 2.08. The van der Waals surface area contributed by atoms with Crippen LogP contribution in [0.1, 0.15) is 18.1 Å². The summed E-state index contributed by atoms with van der Waals surface area (Å²) in [4.78, 5) is 23.8. The number of carbonyl (C=O) groups excluding carboxylic acids is 2. The second kappa shape index (κ2) is 10.0. The molecule has 7 nitrogen and oxygen atoms in total. The van der Waals surface area contributed by atoms with Crippen molar-refractivity contribution in [2.24, 2.45) is 0 Å². The molecule has 0 aromatic heterocycles. The Morgan fingerprint density at radius 3 is 2.21 bits per heavy atom. The van der Waals surface area contributed by atoms with Crippen LogP contribution in [0.25, 0.3) is 0 Å². The third-order valence-electron chi connectivity index (χ3n) is 3.88. The van der Waals surface area contributed by atoms with Crippen LogP contribution in [-0.2, 0) is 37.3 Å². The number of hydrogen-bond acceptors (Lipinski definition) is 5. The fourth-order valence-corrected chi connectivity index (χ4v) is 3.26. The third-order valence-corrected chi connectivity index (χ3v) is 5.08. The van der Waals surface area contributed by atoms with Crippen LogP contribution in [0.4, 0.5) is 5.69 Å². The van der Waals surface area contributed by atoms with Gasteiger partial charge >= 0.3 is 5.97 Å². The molecule has 0 radical (unpaired) electrons. The van der Waals surface area contributed by atoms with Gasteiger partial charge in [-0.05, 0) is 30.2 Å². The van der Waals surface area contributed by atoms with Crippen molar-refractivity contribution in [3.05, 3.63) is 65.7 Å². The van der Waals surface area contributed by atoms with Crippen molar-refractivity contribution in [1.82, 2.24) is 4.31 Å². The Kier molecular flexibility index (Phi) is 7.71. The summed E-state index contributed by atoms with van der Waals surface area (Å²) >= 11 is 0. The highest BCUT2D eigenvalue weighted by Gasteiger charge is 2.20. The van der Waals surface area contributed by atoms with E-state index in [9.17, 15) is 18.0 Å². The monoisotopic (exact) mass is 404 g/mol. The largest absolute Gasteiger partial charge is 0.466 e. The predicted molar refractivity (Wildman–Crippen MR) is 107 cm³/mol. The molecule has 150 valence electrons. The van der Waals surface area contributed by atoms with E-state index in [-0.39, 0.29) is 25.5 Å². The van der Waals surface area contributed by atoms with Crippen LogP contribution >= 0.6 is 0 Å². The van der Waals surface area contributed by atoms with Crippen molar-refractivity contribution in [2.45, 2.75) is 19.9 Å². The fraction of sp³-hybridized carbons (Fsp3) is 0.300. The van der Waals surface area contributed by atoms with Gasteiger partial charge in [0.25, 0.3) is 0 Å². The van der Waals surface area contributed by atoms with Crippen molar-refractivity contribution in [1.29, 1.82) is 0 Å². The van der Waals surface area contributed by atoms with E-state index in [1.165, 1.54) is 0 Å². The van der Waals surface area contributed by atoms with Crippen LogP contribution in [0.5, 0.6) is 0 Å². The van der Waals surface area contributed by atoms with Crippen LogP contribution in [0.2, 0.25) is 0 Å². The van der Waals surface area contributed by atoms with Crippen LogP contribution in [0.3, 0.4) is 0 Å². The van der Waals surface area contributed by atoms with Crippen LogP contribution in [-0.4, -0.2) is 44.0 Å². The van der Waals surface area contributed by atoms with Crippen molar-refractivity contribution in [3.63, 3.8) is 0 Å². The summed E-state index contributed by atoms with van der Waals surface area (Å²) in [7, 11) is -3.56. The number of esters is 1. The molecule has 8 heteroatoms. The summed E-state index contributed by atoms with van der Waals surface area (Å²) < 4.78 is 30.1. The number of carbonyl (C=O) groups is 2. The van der Waals surface area contributed by atoms with Gasteiger partial charge in [-0.3, -0.25) is 9.59 Å². The lowest BCUT2D eigenvalue weighted by molar-refractivity contribution is -0.142. The molecule has 0 aliphatic heterocycles. The zero-order valence-corrected chi connectivity index (χ0v) is 16.7. The molecule has 0 saturated heterocycles. The molecule has 28 heavy (non-hydrogen) atoms. The maximum Gasteiger partial charge on any atom is 0.310 e. The minimum atomic E-state index is -3.56. The number of nitrogens with zero attached hydrogens (tertiary/aromatic N) is 1. The van der Waals surface area contributed by atoms with Gasteiger partial charge in [-0.15, -0.1) is 0 Å². The number of hydrogen-bond donors (Lipinski definition) is 1. The zero-order valence-electron chi connectivity index (χ0n) is 15.9. The predicted octanol–water partition coefficient (Wildman–Crippen LogP) is 2.19. The molecule has 2 aromatic rings. The van der Waals surface area contributed by atoms with E-state index in [1.54, 1.807) is 43.3 Å². The molecule has 0 aliphatic rings. The topological polar surface area (TPSA) is 92.8 Å². The molecular weight excluding hydrogens is 380 g/mol. The summed E-state index contributed by atoms with van der Waals surface area (Å²) in [6.07, 6.45) is 1.23. The molecule has 2 rings (SSSR count). The molecule has 0 fully saturated rings. The number of anilines is 1. The van der Waals surface area contributed by atoms with Crippen LogP contribution in [0.15, 0.2) is 54.6 Å². The molecule has 0 atom stereocenters. The first-order valence-electron chi connectivity index (χ1n) is 8.81. The lowest BCUT2D eigenvalue weighted by Crippen LogP contribution is -2.36. The number of amides is 1. The highest BCUT2D eigenvalue weighted by molar-refractivity contribution is 7.88. The fourth-order valence-electron chi connectivity index (χ4n) is 2.52. The van der Waals surface area contributed by atoms with Crippen molar-refractivity contribution < 1.29 is 22.7 Å². The maximum absolute atomic E-state index is 12.3. The Morgan fingerprint density at radius 2 is 1.64 bits per heavy atom. The maximum atomic E-state index is 12.3. The van der Waals surface area contributed by atoms with Gasteiger partial charge in [-0.2, -0.15) is 4.31 Å². The zero-order chi connectivity index (χ0) is 20.6. The molecule has 0 unspecified atom stereocenters. The van der Waals surface area contributed by atoms with Crippen LogP contribution in [0, 0.1) is 0 Å². The molecule has 1 N–H and O–H groups in total. The van der Waals surface area contributed by atoms with E-state index in [1.807, 2.05) is 18.2 Å². The molecule has 0 aliphatic carbocycles. The number of sulfonamides is 1. The third kappa shape index (κ3) is 7.13. The first-order valence-corrected chi connectivity index (χ1v) is 10.7. The molecule has 0 saturated carbocycles. The normalized spacial score (nSPS) is 11.2. The molecule has 0 spiro atoms. The van der Waals surface area contributed by atoms with E-state index < -0.39 is 15.9 Å². The Morgan fingerprint density at radius 1 is 1.00 bits per heavy atom. The Balaban J connectivity index is 1.97. The number of benzene rings is 2. The smallest absolute Gasteiger partial charge is 0.310 e. The summed E-state index contributed by atoms with van der Waals surface area (Å²) in [6, 6.07) is 15.8. The first-order chi connectivity index (χ1) is 13.3. The SMILES string of the molecule is CCOC(=O)Cc1ccc(NC(=O)CN(Cc2ccccc2)S(C)(=O)=O)cc1. The summed E-state index contributed by atoms with van der Waals surface area (Å²) in [5, 5.41) is 2.67. The Labute approximate surface area is 165 Å². The first kappa shape index (κ1) is 21.6. The quantitative estimate of drug-likeness (QED) is 0.647. The van der Waals surface area contributed by atoms with Gasteiger partial charge in [0, 0.05) is 12.2 Å². The van der Waals surface area contributed by atoms with Gasteiger partial charge in [0.05, 0.1) is 25.8 Å². The van der Waals surface area contributed by atoms with Gasteiger partial charge < -0.3 is 10.1 Å². The second-order valence-corrected chi connectivity index (χ2v) is 8.23. The van der Waals surface area contributed by atoms with Crippen molar-refractivity contribution >= 4 is 27.6 Å². The Bertz CT molecular complexity index is 896. The number of nitrogens with one attached hydrogen (secondary N) is 1. The summed E-state index contributed by atoms with van der Waals surface area (Å²) in [6.45, 7) is 1.89. The van der Waals surface area contributed by atoms with Gasteiger partial charge in [0.1, 0.15) is 0 Å². The van der Waals surface area contributed by atoms with E-state index in [2.05, 4.69) is 5.32 Å². The molecule has 1 amide bonds. The van der Waals surface area contributed by atoms with Gasteiger partial charge in [0.2, 0.25) is 15.9 Å². The highest BCUT2D eigenvalue weighted by atomic mass is 32.2. The van der Waals surface area contributed by atoms with Crippen molar-refractivity contribution in [2.75, 3.05) is 24.7 Å². The Hall–Kier alpha value is -2.71. The van der Waals surface area contributed by atoms with Gasteiger partial charge in [0.15, 0.2) is 0 Å². The van der Waals surface area contributed by atoms with Crippen molar-refractivity contribution in [3.8, 4) is 0 Å². The second-order valence-electron chi connectivity index (χ2n) is 6.24. The molecule has 0 bridgehead atoms. The van der Waals surface area contributed by atoms with E-state index in [4.69, 9.17) is 4.74 Å². The van der Waals surface area contributed by atoms with E-state index in [0.29, 0.717) is 12.3 Å². The molecule has 2 aromatic carbocycles. The lowest BCUT2D eigenvalue weighted by Gasteiger charge is -2.19. The minimum absolute atomic E-state index is 0.117. The molecule has 0 heterocycles. The standard InChI is InChI=1S/C20H24N2O5S/c1-3-27-20(24)13-16-9-11-18(12-10-16)21-19(23)15-22(28(2,25)26)14-17-7-5-4-6-8-17/h4-12H,3,13-15H2,1-2H3,(H,21,23). The van der Waals surface area contributed by atoms with E-state index in [0.717, 1.165) is 21.7 Å². The van der Waals surface area contributed by atoms with Gasteiger partial charge in [-0.1, -0.05) is 42.5 Å². The lowest BCUT2D eigenvalue weighted by atomic mass is 10.1. The average Bonchev–Trinajstić information content (AvgIpc) is 2.63. The average molecular weight is 404 g/mol. The number of rotatable bonds is 9. The minimum Gasteiger partial charge on any atom is -0.466 e. The van der Waals surface area contributed by atoms with E-state index >= 15 is 0 Å². The highest BCUT2D eigenvalue weighted by Crippen LogP contribution is 2.12. The van der Waals surface area contributed by atoms with Crippen LogP contribution < -0.4 is 5.32 Å². The summed E-state index contributed by atoms with van der Waals surface area (Å²) in [5.74, 6) is -0.761.